The van der Waals surface area contributed by atoms with E-state index in [-0.39, 0.29) is 42.1 Å². The molecular formula is C17H32N2O3. The Kier molecular flexibility index (Phi) is 6.24. The van der Waals surface area contributed by atoms with Gasteiger partial charge in [-0.05, 0) is 32.6 Å². The Hall–Kier alpha value is -0.650. The number of aliphatic hydroxyl groups is 1. The summed E-state index contributed by atoms with van der Waals surface area (Å²) < 4.78 is 5.77. The molecule has 0 radical (unpaired) electrons. The van der Waals surface area contributed by atoms with Crippen LogP contribution in [0.5, 0.6) is 0 Å². The third-order valence-corrected chi connectivity index (χ3v) is 4.90. The fourth-order valence-corrected chi connectivity index (χ4v) is 3.93. The van der Waals surface area contributed by atoms with Crippen LogP contribution in [0, 0.1) is 11.8 Å². The maximum absolute atomic E-state index is 12.7. The molecule has 5 atom stereocenters. The van der Waals surface area contributed by atoms with Gasteiger partial charge in [0.2, 0.25) is 5.91 Å². The Balaban J connectivity index is 1.93. The van der Waals surface area contributed by atoms with Crippen LogP contribution in [0.15, 0.2) is 0 Å². The highest BCUT2D eigenvalue weighted by Gasteiger charge is 2.34. The van der Waals surface area contributed by atoms with Gasteiger partial charge < -0.3 is 15.2 Å². The number of morpholine rings is 1. The number of hydrogen-bond acceptors (Lipinski definition) is 4. The first-order chi connectivity index (χ1) is 10.4. The predicted octanol–water partition coefficient (Wildman–Crippen LogP) is 1.40. The normalized spacial score (nSPS) is 34.8. The number of carbonyl (C=O) groups excluding carboxylic acids is 1. The summed E-state index contributed by atoms with van der Waals surface area (Å²) in [5.74, 6) is 0.570. The van der Waals surface area contributed by atoms with Gasteiger partial charge in [0, 0.05) is 25.6 Å². The molecule has 5 heteroatoms. The summed E-state index contributed by atoms with van der Waals surface area (Å²) in [5, 5.41) is 13.0. The van der Waals surface area contributed by atoms with E-state index in [9.17, 15) is 9.90 Å². The summed E-state index contributed by atoms with van der Waals surface area (Å²) in [6, 6.07) is -0.118. The van der Waals surface area contributed by atoms with Crippen molar-refractivity contribution in [2.75, 3.05) is 19.6 Å². The molecule has 128 valence electrons. The second kappa shape index (κ2) is 7.75. The SMILES string of the molecule is CC1CN(C(C(=O)NCC2CCCC2O)C(C)C)CC(C)O1. The zero-order chi connectivity index (χ0) is 16.3. The molecule has 5 unspecified atom stereocenters. The van der Waals surface area contributed by atoms with Crippen molar-refractivity contribution in [2.45, 2.75) is 71.3 Å². The number of nitrogens with zero attached hydrogens (tertiary/aromatic N) is 1. The maximum atomic E-state index is 12.7. The predicted molar refractivity (Wildman–Crippen MR) is 86.6 cm³/mol. The van der Waals surface area contributed by atoms with Crippen LogP contribution in [0.25, 0.3) is 0 Å². The molecule has 1 amide bonds. The minimum Gasteiger partial charge on any atom is -0.393 e. The molecule has 1 aliphatic carbocycles. The minimum absolute atomic E-state index is 0.0930. The van der Waals surface area contributed by atoms with E-state index in [0.29, 0.717) is 6.54 Å². The fraction of sp³-hybridized carbons (Fsp3) is 0.941. The highest BCUT2D eigenvalue weighted by atomic mass is 16.5. The van der Waals surface area contributed by atoms with Crippen molar-refractivity contribution >= 4 is 5.91 Å². The molecule has 1 aliphatic heterocycles. The summed E-state index contributed by atoms with van der Waals surface area (Å²) in [6.45, 7) is 10.5. The van der Waals surface area contributed by atoms with Gasteiger partial charge in [0.1, 0.15) is 0 Å². The summed E-state index contributed by atoms with van der Waals surface area (Å²) in [7, 11) is 0. The highest BCUT2D eigenvalue weighted by molar-refractivity contribution is 5.82. The molecule has 1 saturated heterocycles. The van der Waals surface area contributed by atoms with Crippen LogP contribution < -0.4 is 5.32 Å². The molecule has 2 N–H and O–H groups in total. The van der Waals surface area contributed by atoms with Crippen LogP contribution >= 0.6 is 0 Å². The van der Waals surface area contributed by atoms with Crippen LogP contribution in [-0.2, 0) is 9.53 Å². The molecule has 0 spiro atoms. The number of amides is 1. The Morgan fingerprint density at radius 2 is 1.91 bits per heavy atom. The third-order valence-electron chi connectivity index (χ3n) is 4.90. The number of carbonyl (C=O) groups is 1. The Morgan fingerprint density at radius 1 is 1.27 bits per heavy atom. The number of aliphatic hydroxyl groups excluding tert-OH is 1. The second-order valence-corrected chi connectivity index (χ2v) is 7.40. The lowest BCUT2D eigenvalue weighted by Crippen LogP contribution is -2.57. The van der Waals surface area contributed by atoms with Gasteiger partial charge in [-0.15, -0.1) is 0 Å². The van der Waals surface area contributed by atoms with E-state index in [1.165, 1.54) is 0 Å². The average molecular weight is 312 g/mol. The van der Waals surface area contributed by atoms with E-state index < -0.39 is 0 Å². The van der Waals surface area contributed by atoms with Crippen molar-refractivity contribution < 1.29 is 14.6 Å². The first-order valence-electron chi connectivity index (χ1n) is 8.73. The third kappa shape index (κ3) is 4.43. The Bertz CT molecular complexity index is 365. The molecule has 2 fully saturated rings. The summed E-state index contributed by atoms with van der Waals surface area (Å²) in [4.78, 5) is 14.9. The van der Waals surface area contributed by atoms with Crippen molar-refractivity contribution in [3.8, 4) is 0 Å². The summed E-state index contributed by atoms with van der Waals surface area (Å²) in [6.07, 6.45) is 3.02. The molecule has 0 bridgehead atoms. The van der Waals surface area contributed by atoms with E-state index >= 15 is 0 Å². The molecule has 0 aromatic rings. The fourth-order valence-electron chi connectivity index (χ4n) is 3.93. The lowest BCUT2D eigenvalue weighted by molar-refractivity contribution is -0.135. The number of nitrogens with one attached hydrogen (secondary N) is 1. The summed E-state index contributed by atoms with van der Waals surface area (Å²) >= 11 is 0. The van der Waals surface area contributed by atoms with Crippen LogP contribution in [0.3, 0.4) is 0 Å². The molecule has 0 aromatic heterocycles. The van der Waals surface area contributed by atoms with Gasteiger partial charge >= 0.3 is 0 Å². The van der Waals surface area contributed by atoms with Gasteiger partial charge in [-0.1, -0.05) is 20.3 Å². The molecule has 5 nitrogen and oxygen atoms in total. The topological polar surface area (TPSA) is 61.8 Å². The van der Waals surface area contributed by atoms with E-state index in [1.807, 2.05) is 0 Å². The Morgan fingerprint density at radius 3 is 2.41 bits per heavy atom. The summed E-state index contributed by atoms with van der Waals surface area (Å²) in [5.41, 5.74) is 0. The van der Waals surface area contributed by atoms with E-state index in [0.717, 1.165) is 32.4 Å². The lowest BCUT2D eigenvalue weighted by Gasteiger charge is -2.41. The standard InChI is InChI=1S/C17H32N2O3/c1-11(2)16(19-9-12(3)22-13(4)10-19)17(21)18-8-14-6-5-7-15(14)20/h11-16,20H,5-10H2,1-4H3,(H,18,21). The number of hydrogen-bond donors (Lipinski definition) is 2. The zero-order valence-corrected chi connectivity index (χ0v) is 14.4. The van der Waals surface area contributed by atoms with Crippen LogP contribution in [-0.4, -0.2) is 59.9 Å². The van der Waals surface area contributed by atoms with Crippen molar-refractivity contribution in [1.82, 2.24) is 10.2 Å². The van der Waals surface area contributed by atoms with E-state index in [2.05, 4.69) is 37.9 Å². The van der Waals surface area contributed by atoms with Crippen molar-refractivity contribution in [2.24, 2.45) is 11.8 Å². The molecule has 2 rings (SSSR count). The van der Waals surface area contributed by atoms with Gasteiger partial charge in [-0.25, -0.2) is 0 Å². The van der Waals surface area contributed by atoms with Gasteiger partial charge in [-0.2, -0.15) is 0 Å². The van der Waals surface area contributed by atoms with Gasteiger partial charge in [0.15, 0.2) is 0 Å². The van der Waals surface area contributed by atoms with Crippen LogP contribution in [0.4, 0.5) is 0 Å². The van der Waals surface area contributed by atoms with Crippen LogP contribution in [0.2, 0.25) is 0 Å². The number of rotatable bonds is 5. The zero-order valence-electron chi connectivity index (χ0n) is 14.4. The average Bonchev–Trinajstić information content (AvgIpc) is 2.80. The maximum Gasteiger partial charge on any atom is 0.237 e. The number of ether oxygens (including phenoxy) is 1. The molecule has 2 aliphatic rings. The molecule has 1 saturated carbocycles. The lowest BCUT2D eigenvalue weighted by atomic mass is 9.99. The van der Waals surface area contributed by atoms with Gasteiger partial charge in [0.05, 0.1) is 24.4 Å². The molecule has 0 aromatic carbocycles. The second-order valence-electron chi connectivity index (χ2n) is 7.40. The molecule has 22 heavy (non-hydrogen) atoms. The van der Waals surface area contributed by atoms with Crippen LogP contribution in [0.1, 0.15) is 47.0 Å². The first kappa shape index (κ1) is 17.7. The molecule has 1 heterocycles. The quantitative estimate of drug-likeness (QED) is 0.805. The van der Waals surface area contributed by atoms with Gasteiger partial charge in [0.25, 0.3) is 0 Å². The Labute approximate surface area is 134 Å². The minimum atomic E-state index is -0.249. The van der Waals surface area contributed by atoms with Crippen molar-refractivity contribution in [3.63, 3.8) is 0 Å². The monoisotopic (exact) mass is 312 g/mol. The van der Waals surface area contributed by atoms with Crippen molar-refractivity contribution in [1.29, 1.82) is 0 Å². The van der Waals surface area contributed by atoms with Crippen molar-refractivity contribution in [3.05, 3.63) is 0 Å². The first-order valence-corrected chi connectivity index (χ1v) is 8.73. The smallest absolute Gasteiger partial charge is 0.237 e. The van der Waals surface area contributed by atoms with E-state index in [4.69, 9.17) is 4.74 Å². The largest absolute Gasteiger partial charge is 0.393 e. The highest BCUT2D eigenvalue weighted by Crippen LogP contribution is 2.25. The van der Waals surface area contributed by atoms with E-state index in [1.54, 1.807) is 0 Å². The van der Waals surface area contributed by atoms with Gasteiger partial charge in [-0.3, -0.25) is 9.69 Å². The molecular weight excluding hydrogens is 280 g/mol.